The number of esters is 1. The van der Waals surface area contributed by atoms with Gasteiger partial charge in [-0.1, -0.05) is 35.5 Å². The Bertz CT molecular complexity index is 430. The molecule has 0 saturated carbocycles. The summed E-state index contributed by atoms with van der Waals surface area (Å²) in [6.07, 6.45) is 0.212. The van der Waals surface area contributed by atoms with Gasteiger partial charge in [0.2, 0.25) is 0 Å². The van der Waals surface area contributed by atoms with Crippen molar-refractivity contribution in [1.29, 1.82) is 0 Å². The van der Waals surface area contributed by atoms with E-state index in [0.717, 1.165) is 5.56 Å². The molecule has 1 aromatic carbocycles. The molecule has 1 aliphatic rings. The van der Waals surface area contributed by atoms with Crippen LogP contribution in [0.15, 0.2) is 35.5 Å². The zero-order chi connectivity index (χ0) is 11.6. The van der Waals surface area contributed by atoms with Gasteiger partial charge < -0.3 is 9.57 Å². The average molecular weight is 220 g/mol. The summed E-state index contributed by atoms with van der Waals surface area (Å²) >= 11 is 0. The second-order valence-corrected chi connectivity index (χ2v) is 3.55. The fourth-order valence-electron chi connectivity index (χ4n) is 1.52. The van der Waals surface area contributed by atoms with Crippen molar-refractivity contribution < 1.29 is 14.4 Å². The lowest BCUT2D eigenvalue weighted by Gasteiger charge is -2.17. The van der Waals surface area contributed by atoms with Crippen LogP contribution in [0, 0.1) is 0 Å². The minimum Gasteiger partial charge on any atom is -0.465 e. The molecule has 1 aliphatic heterocycles. The summed E-state index contributed by atoms with van der Waals surface area (Å²) in [4.78, 5) is 16.3. The predicted octanol–water partition coefficient (Wildman–Crippen LogP) is 0.639. The molecule has 0 aromatic heterocycles. The molecule has 1 heterocycles. The van der Waals surface area contributed by atoms with Gasteiger partial charge in [-0.25, -0.2) is 4.79 Å². The molecular weight excluding hydrogens is 208 g/mol. The lowest BCUT2D eigenvalue weighted by molar-refractivity contribution is -0.165. The van der Waals surface area contributed by atoms with E-state index >= 15 is 0 Å². The van der Waals surface area contributed by atoms with Crippen LogP contribution in [0.2, 0.25) is 0 Å². The van der Waals surface area contributed by atoms with Gasteiger partial charge in [-0.15, -0.1) is 0 Å². The third-order valence-corrected chi connectivity index (χ3v) is 2.39. The molecule has 84 valence electrons. The zero-order valence-corrected chi connectivity index (χ0v) is 8.84. The normalized spacial score (nSPS) is 23.5. The Labute approximate surface area is 92.8 Å². The third-order valence-electron chi connectivity index (χ3n) is 2.39. The van der Waals surface area contributed by atoms with Crippen molar-refractivity contribution in [2.45, 2.75) is 12.1 Å². The van der Waals surface area contributed by atoms with Crippen molar-refractivity contribution in [3.05, 3.63) is 35.9 Å². The van der Waals surface area contributed by atoms with Gasteiger partial charge >= 0.3 is 5.97 Å². The van der Waals surface area contributed by atoms with Crippen LogP contribution in [-0.2, 0) is 14.4 Å². The van der Waals surface area contributed by atoms with Crippen LogP contribution in [0.4, 0.5) is 0 Å². The van der Waals surface area contributed by atoms with E-state index in [-0.39, 0.29) is 6.42 Å². The quantitative estimate of drug-likeness (QED) is 0.742. The highest BCUT2D eigenvalue weighted by Gasteiger charge is 2.44. The maximum Gasteiger partial charge on any atom is 0.369 e. The smallest absolute Gasteiger partial charge is 0.369 e. The first kappa shape index (κ1) is 10.6. The Morgan fingerprint density at radius 1 is 1.50 bits per heavy atom. The van der Waals surface area contributed by atoms with Crippen LogP contribution < -0.4 is 5.73 Å². The van der Waals surface area contributed by atoms with Gasteiger partial charge in [0, 0.05) is 0 Å². The van der Waals surface area contributed by atoms with Crippen LogP contribution in [-0.4, -0.2) is 24.5 Å². The molecule has 0 fully saturated rings. The Hall–Kier alpha value is -1.88. The first-order valence-electron chi connectivity index (χ1n) is 4.83. The number of benzene rings is 1. The largest absolute Gasteiger partial charge is 0.465 e. The van der Waals surface area contributed by atoms with E-state index in [9.17, 15) is 4.79 Å². The molecule has 0 aliphatic carbocycles. The molecule has 5 heteroatoms. The maximum atomic E-state index is 11.4. The molecule has 2 rings (SSSR count). The molecule has 0 bridgehead atoms. The Morgan fingerprint density at radius 3 is 2.81 bits per heavy atom. The van der Waals surface area contributed by atoms with Crippen molar-refractivity contribution in [3.63, 3.8) is 0 Å². The molecule has 16 heavy (non-hydrogen) atoms. The van der Waals surface area contributed by atoms with Crippen LogP contribution in [0.3, 0.4) is 0 Å². The van der Waals surface area contributed by atoms with E-state index in [4.69, 9.17) is 10.6 Å². The van der Waals surface area contributed by atoms with Crippen LogP contribution in [0.1, 0.15) is 12.0 Å². The lowest BCUT2D eigenvalue weighted by atomic mass is 10.0. The molecule has 0 spiro atoms. The van der Waals surface area contributed by atoms with Crippen LogP contribution in [0.5, 0.6) is 0 Å². The number of hydrogen-bond acceptors (Lipinski definition) is 5. The van der Waals surface area contributed by atoms with E-state index in [1.54, 1.807) is 0 Å². The predicted molar refractivity (Wildman–Crippen MR) is 57.6 cm³/mol. The molecule has 2 N–H and O–H groups in total. The number of nitrogens with two attached hydrogens (primary N) is 1. The van der Waals surface area contributed by atoms with Crippen LogP contribution in [0.25, 0.3) is 0 Å². The minimum absolute atomic E-state index is 0.212. The molecule has 5 nitrogen and oxygen atoms in total. The molecule has 1 aromatic rings. The van der Waals surface area contributed by atoms with Gasteiger partial charge in [0.15, 0.2) is 0 Å². The summed E-state index contributed by atoms with van der Waals surface area (Å²) < 4.78 is 4.56. The zero-order valence-electron chi connectivity index (χ0n) is 8.84. The first-order valence-corrected chi connectivity index (χ1v) is 4.83. The van der Waals surface area contributed by atoms with Crippen molar-refractivity contribution in [2.75, 3.05) is 7.11 Å². The summed E-state index contributed by atoms with van der Waals surface area (Å²) in [5, 5.41) is 3.82. The maximum absolute atomic E-state index is 11.4. The van der Waals surface area contributed by atoms with Crippen molar-refractivity contribution in [1.82, 2.24) is 0 Å². The molecule has 1 atom stereocenters. The van der Waals surface area contributed by atoms with Gasteiger partial charge in [-0.05, 0) is 5.56 Å². The third kappa shape index (κ3) is 1.77. The number of methoxy groups -OCH3 is 1. The van der Waals surface area contributed by atoms with Crippen molar-refractivity contribution >= 4 is 11.7 Å². The van der Waals surface area contributed by atoms with E-state index in [2.05, 4.69) is 9.89 Å². The van der Waals surface area contributed by atoms with Gasteiger partial charge in [0.1, 0.15) is 0 Å². The summed E-state index contributed by atoms with van der Waals surface area (Å²) in [6, 6.07) is 9.42. The van der Waals surface area contributed by atoms with E-state index < -0.39 is 11.7 Å². The van der Waals surface area contributed by atoms with E-state index in [1.807, 2.05) is 30.3 Å². The van der Waals surface area contributed by atoms with Crippen molar-refractivity contribution in [2.24, 2.45) is 10.9 Å². The number of hydrogen-bond donors (Lipinski definition) is 1. The van der Waals surface area contributed by atoms with Gasteiger partial charge in [-0.3, -0.25) is 5.73 Å². The molecule has 0 saturated heterocycles. The molecule has 1 unspecified atom stereocenters. The topological polar surface area (TPSA) is 73.9 Å². The summed E-state index contributed by atoms with van der Waals surface area (Å²) in [5.41, 5.74) is 5.78. The highest BCUT2D eigenvalue weighted by molar-refractivity contribution is 6.04. The number of carbonyl (C=O) groups is 1. The van der Waals surface area contributed by atoms with Gasteiger partial charge in [-0.2, -0.15) is 0 Å². The minimum atomic E-state index is -1.49. The monoisotopic (exact) mass is 220 g/mol. The number of carbonyl (C=O) groups excluding carboxylic acids is 1. The second-order valence-electron chi connectivity index (χ2n) is 3.55. The lowest BCUT2D eigenvalue weighted by Crippen LogP contribution is -2.48. The molecular formula is C11H12N2O3. The number of oxime groups is 1. The number of nitrogens with zero attached hydrogens (tertiary/aromatic N) is 1. The fourth-order valence-corrected chi connectivity index (χ4v) is 1.52. The van der Waals surface area contributed by atoms with E-state index in [1.165, 1.54) is 7.11 Å². The SMILES string of the molecule is COC(=O)C1(N)CC(c2ccccc2)=NO1. The Kier molecular flexibility index (Phi) is 2.62. The Balaban J connectivity index is 2.17. The van der Waals surface area contributed by atoms with Gasteiger partial charge in [0.05, 0.1) is 19.2 Å². The summed E-state index contributed by atoms with van der Waals surface area (Å²) in [6.45, 7) is 0. The molecule has 0 amide bonds. The van der Waals surface area contributed by atoms with Crippen LogP contribution >= 0.6 is 0 Å². The standard InChI is InChI=1S/C11H12N2O3/c1-15-10(14)11(12)7-9(13-16-11)8-5-3-2-4-6-8/h2-6H,7,12H2,1H3. The number of ether oxygens (including phenoxy) is 1. The highest BCUT2D eigenvalue weighted by atomic mass is 16.7. The second kappa shape index (κ2) is 3.94. The first-order chi connectivity index (χ1) is 7.65. The van der Waals surface area contributed by atoms with E-state index in [0.29, 0.717) is 5.71 Å². The summed E-state index contributed by atoms with van der Waals surface area (Å²) in [7, 11) is 1.26. The Morgan fingerprint density at radius 2 is 2.19 bits per heavy atom. The fraction of sp³-hybridized carbons (Fsp3) is 0.273. The number of rotatable bonds is 2. The van der Waals surface area contributed by atoms with Gasteiger partial charge in [0.25, 0.3) is 5.72 Å². The average Bonchev–Trinajstić information content (AvgIpc) is 2.73. The summed E-state index contributed by atoms with van der Waals surface area (Å²) in [5.74, 6) is -0.623. The van der Waals surface area contributed by atoms with Crippen molar-refractivity contribution in [3.8, 4) is 0 Å². The molecule has 0 radical (unpaired) electrons. The highest BCUT2D eigenvalue weighted by Crippen LogP contribution is 2.23.